The molecule has 0 aliphatic carbocycles. The van der Waals surface area contributed by atoms with Gasteiger partial charge in [0.25, 0.3) is 0 Å². The second-order valence-electron chi connectivity index (χ2n) is 4.32. The molecule has 0 bridgehead atoms. The first-order chi connectivity index (χ1) is 9.22. The van der Waals surface area contributed by atoms with E-state index >= 15 is 0 Å². The van der Waals surface area contributed by atoms with Gasteiger partial charge in [0.2, 0.25) is 5.91 Å². The molecule has 0 radical (unpaired) electrons. The second kappa shape index (κ2) is 8.28. The number of aliphatic hydroxyl groups is 6. The Morgan fingerprint density at radius 1 is 1.00 bits per heavy atom. The standard InChI is InChI=1S/C12H19NO5.CH4O/c1-2-4-9-5-3-6-10(7-9)8-11(14,15)13-12(16,17)18;1-2/h3,5-7,13-18H,2,4,8H2,1H3;2H,1H3. The molecule has 1 aromatic rings. The van der Waals surface area contributed by atoms with Crippen LogP contribution in [0.1, 0.15) is 24.5 Å². The van der Waals surface area contributed by atoms with E-state index in [9.17, 15) is 10.2 Å². The van der Waals surface area contributed by atoms with Crippen molar-refractivity contribution in [2.45, 2.75) is 38.2 Å². The van der Waals surface area contributed by atoms with Gasteiger partial charge in [0.15, 0.2) is 0 Å². The van der Waals surface area contributed by atoms with Gasteiger partial charge in [-0.05, 0) is 17.5 Å². The predicted octanol–water partition coefficient (Wildman–Crippen LogP) is -1.39. The molecule has 0 heterocycles. The minimum absolute atomic E-state index is 0.298. The smallest absolute Gasteiger partial charge is 0.347 e. The average Bonchev–Trinajstić information content (AvgIpc) is 2.28. The van der Waals surface area contributed by atoms with Gasteiger partial charge >= 0.3 is 6.10 Å². The number of aryl methyl sites for hydroxylation is 1. The van der Waals surface area contributed by atoms with Gasteiger partial charge in [-0.1, -0.05) is 37.6 Å². The van der Waals surface area contributed by atoms with Crippen molar-refractivity contribution in [2.75, 3.05) is 7.11 Å². The third kappa shape index (κ3) is 8.18. The number of hydrogen-bond donors (Lipinski definition) is 7. The summed E-state index contributed by atoms with van der Waals surface area (Å²) < 4.78 is 0. The van der Waals surface area contributed by atoms with Crippen LogP contribution in [0.5, 0.6) is 0 Å². The van der Waals surface area contributed by atoms with Crippen LogP contribution in [0.25, 0.3) is 0 Å². The van der Waals surface area contributed by atoms with E-state index in [1.54, 1.807) is 18.2 Å². The van der Waals surface area contributed by atoms with Crippen LogP contribution in [0, 0.1) is 0 Å². The van der Waals surface area contributed by atoms with E-state index in [-0.39, 0.29) is 6.42 Å². The third-order valence-corrected chi connectivity index (χ3v) is 2.35. The molecule has 0 fully saturated rings. The highest BCUT2D eigenvalue weighted by Crippen LogP contribution is 2.13. The first-order valence-corrected chi connectivity index (χ1v) is 6.15. The minimum Gasteiger partial charge on any atom is -0.400 e. The summed E-state index contributed by atoms with van der Waals surface area (Å²) in [7, 11) is 1.00. The van der Waals surface area contributed by atoms with E-state index in [2.05, 4.69) is 0 Å². The van der Waals surface area contributed by atoms with Crippen molar-refractivity contribution < 1.29 is 30.6 Å². The van der Waals surface area contributed by atoms with E-state index in [1.807, 2.05) is 13.0 Å². The van der Waals surface area contributed by atoms with Crippen LogP contribution in [-0.2, 0) is 12.8 Å². The normalized spacial score (nSPS) is 11.8. The Balaban J connectivity index is 0.00000172. The summed E-state index contributed by atoms with van der Waals surface area (Å²) in [6.07, 6.45) is -1.80. The summed E-state index contributed by atoms with van der Waals surface area (Å²) in [4.78, 5) is 0. The van der Waals surface area contributed by atoms with Crippen molar-refractivity contribution in [3.8, 4) is 0 Å². The van der Waals surface area contributed by atoms with E-state index in [0.29, 0.717) is 5.56 Å². The lowest BCUT2D eigenvalue weighted by Crippen LogP contribution is -2.59. The van der Waals surface area contributed by atoms with Crippen LogP contribution < -0.4 is 5.32 Å². The maximum atomic E-state index is 9.49. The van der Waals surface area contributed by atoms with E-state index < -0.39 is 12.0 Å². The maximum absolute atomic E-state index is 9.49. The van der Waals surface area contributed by atoms with Gasteiger partial charge < -0.3 is 30.6 Å². The summed E-state index contributed by atoms with van der Waals surface area (Å²) in [5.74, 6) is -2.62. The number of benzene rings is 1. The van der Waals surface area contributed by atoms with Crippen LogP contribution in [-0.4, -0.2) is 49.8 Å². The molecular weight excluding hydrogens is 266 g/mol. The molecule has 0 unspecified atom stereocenters. The van der Waals surface area contributed by atoms with Gasteiger partial charge in [-0.15, -0.1) is 0 Å². The van der Waals surface area contributed by atoms with E-state index in [1.165, 1.54) is 5.32 Å². The fourth-order valence-corrected chi connectivity index (χ4v) is 1.78. The molecule has 0 saturated heterocycles. The molecule has 7 N–H and O–H groups in total. The Morgan fingerprint density at radius 2 is 1.55 bits per heavy atom. The largest absolute Gasteiger partial charge is 0.400 e. The maximum Gasteiger partial charge on any atom is 0.347 e. The third-order valence-electron chi connectivity index (χ3n) is 2.35. The molecule has 1 rings (SSSR count). The Hall–Kier alpha value is -1.06. The molecule has 20 heavy (non-hydrogen) atoms. The fraction of sp³-hybridized carbons (Fsp3) is 0.538. The Bertz CT molecular complexity index is 389. The lowest BCUT2D eigenvalue weighted by atomic mass is 10.0. The predicted molar refractivity (Wildman–Crippen MR) is 72.0 cm³/mol. The van der Waals surface area contributed by atoms with Crippen molar-refractivity contribution in [3.63, 3.8) is 0 Å². The zero-order chi connectivity index (χ0) is 15.8. The molecule has 0 atom stereocenters. The second-order valence-corrected chi connectivity index (χ2v) is 4.32. The van der Waals surface area contributed by atoms with Gasteiger partial charge in [-0.25, -0.2) is 0 Å². The van der Waals surface area contributed by atoms with Crippen molar-refractivity contribution in [2.24, 2.45) is 0 Å². The SMILES string of the molecule is CCCc1cccc(CC(O)(O)NC(O)(O)O)c1.CO. The van der Waals surface area contributed by atoms with Crippen molar-refractivity contribution in [3.05, 3.63) is 35.4 Å². The highest BCUT2D eigenvalue weighted by molar-refractivity contribution is 5.24. The van der Waals surface area contributed by atoms with Gasteiger partial charge in [0.05, 0.1) is 0 Å². The quantitative estimate of drug-likeness (QED) is 0.320. The molecule has 1 aromatic carbocycles. The first kappa shape index (κ1) is 18.9. The molecule has 7 heteroatoms. The van der Waals surface area contributed by atoms with Gasteiger partial charge in [0.1, 0.15) is 0 Å². The number of rotatable bonds is 6. The molecule has 116 valence electrons. The summed E-state index contributed by atoms with van der Waals surface area (Å²) >= 11 is 0. The monoisotopic (exact) mass is 289 g/mol. The minimum atomic E-state index is -3.34. The van der Waals surface area contributed by atoms with E-state index in [0.717, 1.165) is 25.5 Å². The lowest BCUT2D eigenvalue weighted by molar-refractivity contribution is -0.378. The molecule has 0 amide bonds. The highest BCUT2D eigenvalue weighted by atomic mass is 16.7. The fourth-order valence-electron chi connectivity index (χ4n) is 1.78. The zero-order valence-electron chi connectivity index (χ0n) is 11.6. The summed E-state index contributed by atoms with van der Waals surface area (Å²) in [5, 5.41) is 53.4. The van der Waals surface area contributed by atoms with Crippen LogP contribution in [0.15, 0.2) is 24.3 Å². The van der Waals surface area contributed by atoms with Gasteiger partial charge in [-0.3, -0.25) is 0 Å². The van der Waals surface area contributed by atoms with Gasteiger partial charge in [0, 0.05) is 13.5 Å². The van der Waals surface area contributed by atoms with Gasteiger partial charge in [-0.2, -0.15) is 5.32 Å². The van der Waals surface area contributed by atoms with Crippen molar-refractivity contribution >= 4 is 0 Å². The Labute approximate surface area is 117 Å². The van der Waals surface area contributed by atoms with Crippen molar-refractivity contribution in [1.82, 2.24) is 5.32 Å². The summed E-state index contributed by atoms with van der Waals surface area (Å²) in [6, 6.07) is 7.17. The number of hydrogen-bond acceptors (Lipinski definition) is 7. The first-order valence-electron chi connectivity index (χ1n) is 6.15. The number of nitrogens with one attached hydrogen (secondary N) is 1. The van der Waals surface area contributed by atoms with Crippen LogP contribution in [0.4, 0.5) is 0 Å². The molecule has 0 aliphatic rings. The van der Waals surface area contributed by atoms with Crippen LogP contribution in [0.3, 0.4) is 0 Å². The summed E-state index contributed by atoms with van der Waals surface area (Å²) in [5.41, 5.74) is 1.65. The topological polar surface area (TPSA) is 133 Å². The molecule has 7 nitrogen and oxygen atoms in total. The number of aliphatic hydroxyl groups excluding tert-OH is 1. The molecule has 0 aromatic heterocycles. The zero-order valence-corrected chi connectivity index (χ0v) is 11.6. The van der Waals surface area contributed by atoms with E-state index in [4.69, 9.17) is 20.4 Å². The van der Waals surface area contributed by atoms with Crippen LogP contribution in [0.2, 0.25) is 0 Å². The average molecular weight is 289 g/mol. The Kier molecular flexibility index (Phi) is 7.84. The summed E-state index contributed by atoms with van der Waals surface area (Å²) in [6.45, 7) is 2.04. The van der Waals surface area contributed by atoms with Crippen molar-refractivity contribution in [1.29, 1.82) is 0 Å². The molecule has 0 spiro atoms. The van der Waals surface area contributed by atoms with Crippen LogP contribution >= 0.6 is 0 Å². The molecule has 0 saturated carbocycles. The lowest BCUT2D eigenvalue weighted by Gasteiger charge is -2.28. The highest BCUT2D eigenvalue weighted by Gasteiger charge is 2.33. The Morgan fingerprint density at radius 3 is 2.05 bits per heavy atom. The molecular formula is C13H23NO6. The molecule has 0 aliphatic heterocycles.